The van der Waals surface area contributed by atoms with Gasteiger partial charge in [-0.25, -0.2) is 8.42 Å². The predicted molar refractivity (Wildman–Crippen MR) is 83.2 cm³/mol. The van der Waals surface area contributed by atoms with Gasteiger partial charge in [0.1, 0.15) is 0 Å². The smallest absolute Gasteiger partial charge is 0.336 e. The highest BCUT2D eigenvalue weighted by atomic mass is 32.2. The quantitative estimate of drug-likeness (QED) is 0.821. The Morgan fingerprint density at radius 2 is 1.74 bits per heavy atom. The maximum absolute atomic E-state index is 12.6. The van der Waals surface area contributed by atoms with E-state index in [4.69, 9.17) is 0 Å². The van der Waals surface area contributed by atoms with Crippen molar-refractivity contribution >= 4 is 15.7 Å². The Bertz CT molecular complexity index is 638. The van der Waals surface area contributed by atoms with Gasteiger partial charge in [0.15, 0.2) is 0 Å². The zero-order valence-electron chi connectivity index (χ0n) is 13.0. The van der Waals surface area contributed by atoms with E-state index in [1.165, 1.54) is 18.6 Å². The van der Waals surface area contributed by atoms with E-state index in [0.717, 1.165) is 37.8 Å². The lowest BCUT2D eigenvalue weighted by molar-refractivity contribution is 0.0648. The van der Waals surface area contributed by atoms with Gasteiger partial charge in [0, 0.05) is 18.2 Å². The van der Waals surface area contributed by atoms with Crippen molar-refractivity contribution in [1.82, 2.24) is 4.90 Å². The van der Waals surface area contributed by atoms with Crippen molar-refractivity contribution in [2.45, 2.75) is 55.7 Å². The Balaban J connectivity index is 2.19. The van der Waals surface area contributed by atoms with Crippen molar-refractivity contribution in [3.05, 3.63) is 29.8 Å². The van der Waals surface area contributed by atoms with Gasteiger partial charge in [-0.15, -0.1) is 0 Å². The number of carbonyl (C=O) groups is 1. The van der Waals surface area contributed by atoms with Crippen LogP contribution in [-0.2, 0) is 9.84 Å². The third kappa shape index (κ3) is 3.88. The maximum Gasteiger partial charge on any atom is 0.341 e. The molecule has 0 radical (unpaired) electrons. The van der Waals surface area contributed by atoms with Crippen LogP contribution in [0.4, 0.5) is 8.78 Å². The fourth-order valence-corrected chi connectivity index (χ4v) is 3.74. The molecule has 7 heteroatoms. The molecule has 4 nitrogen and oxygen atoms in total. The van der Waals surface area contributed by atoms with Crippen LogP contribution in [0, 0.1) is 0 Å². The Labute approximate surface area is 135 Å². The number of carbonyl (C=O) groups excluding carboxylic acids is 1. The summed E-state index contributed by atoms with van der Waals surface area (Å²) < 4.78 is 47.9. The highest BCUT2D eigenvalue weighted by Crippen LogP contribution is 2.25. The molecule has 23 heavy (non-hydrogen) atoms. The largest absolute Gasteiger partial charge is 0.341 e. The first-order valence-corrected chi connectivity index (χ1v) is 9.35. The fourth-order valence-electron chi connectivity index (χ4n) is 3.02. The standard InChI is InChI=1S/C16H21F2NO3S/c1-2-19(13-6-4-3-5-7-13)15(20)12-8-10-14(11-9-12)23(21,22)16(17)18/h8-11,13,16H,2-7H2,1H3. The van der Waals surface area contributed by atoms with E-state index in [9.17, 15) is 22.0 Å². The molecule has 1 aromatic rings. The van der Waals surface area contributed by atoms with Crippen LogP contribution in [0.15, 0.2) is 29.2 Å². The van der Waals surface area contributed by atoms with Gasteiger partial charge in [-0.05, 0) is 44.0 Å². The van der Waals surface area contributed by atoms with E-state index in [1.54, 1.807) is 4.90 Å². The van der Waals surface area contributed by atoms with Gasteiger partial charge in [-0.3, -0.25) is 4.79 Å². The second-order valence-electron chi connectivity index (χ2n) is 5.71. The van der Waals surface area contributed by atoms with Crippen LogP contribution in [0.1, 0.15) is 49.4 Å². The van der Waals surface area contributed by atoms with Crippen molar-refractivity contribution in [3.63, 3.8) is 0 Å². The molecule has 1 amide bonds. The molecule has 0 bridgehead atoms. The van der Waals surface area contributed by atoms with E-state index in [-0.39, 0.29) is 11.9 Å². The van der Waals surface area contributed by atoms with Crippen LogP contribution in [-0.4, -0.2) is 37.6 Å². The first-order chi connectivity index (χ1) is 10.9. The molecule has 0 heterocycles. The molecule has 0 aliphatic heterocycles. The molecule has 1 fully saturated rings. The van der Waals surface area contributed by atoms with Gasteiger partial charge in [0.2, 0.25) is 9.84 Å². The highest BCUT2D eigenvalue weighted by Gasteiger charge is 2.28. The average Bonchev–Trinajstić information content (AvgIpc) is 2.56. The molecule has 0 atom stereocenters. The molecule has 2 rings (SSSR count). The summed E-state index contributed by atoms with van der Waals surface area (Å²) in [7, 11) is -4.62. The van der Waals surface area contributed by atoms with E-state index >= 15 is 0 Å². The van der Waals surface area contributed by atoms with Crippen molar-refractivity contribution in [3.8, 4) is 0 Å². The zero-order valence-corrected chi connectivity index (χ0v) is 13.9. The van der Waals surface area contributed by atoms with Gasteiger partial charge < -0.3 is 4.90 Å². The molecule has 1 aliphatic carbocycles. The molecule has 1 aliphatic rings. The first kappa shape index (κ1) is 17.8. The van der Waals surface area contributed by atoms with Crippen molar-refractivity contribution in [2.75, 3.05) is 6.54 Å². The monoisotopic (exact) mass is 345 g/mol. The summed E-state index contributed by atoms with van der Waals surface area (Å²) in [5.41, 5.74) is 0.325. The van der Waals surface area contributed by atoms with E-state index < -0.39 is 20.5 Å². The summed E-state index contributed by atoms with van der Waals surface area (Å²) >= 11 is 0. The number of halogens is 2. The summed E-state index contributed by atoms with van der Waals surface area (Å²) in [6, 6.07) is 4.96. The molecule has 0 unspecified atom stereocenters. The third-order valence-corrected chi connectivity index (χ3v) is 5.68. The average molecular weight is 345 g/mol. The number of sulfone groups is 1. The van der Waals surface area contributed by atoms with Gasteiger partial charge in [0.25, 0.3) is 5.91 Å². The SMILES string of the molecule is CCN(C(=O)c1ccc(S(=O)(=O)C(F)F)cc1)C1CCCCC1. The summed E-state index contributed by atoms with van der Waals surface area (Å²) in [5.74, 6) is -3.64. The van der Waals surface area contributed by atoms with Gasteiger partial charge in [0.05, 0.1) is 4.90 Å². The third-order valence-electron chi connectivity index (χ3n) is 4.28. The Hall–Kier alpha value is -1.50. The summed E-state index contributed by atoms with van der Waals surface area (Å²) in [6.07, 6.45) is 5.32. The normalized spacial score (nSPS) is 16.5. The van der Waals surface area contributed by atoms with Crippen molar-refractivity contribution in [2.24, 2.45) is 0 Å². The number of hydrogen-bond donors (Lipinski definition) is 0. The summed E-state index contributed by atoms with van der Waals surface area (Å²) in [6.45, 7) is 2.47. The van der Waals surface area contributed by atoms with E-state index in [0.29, 0.717) is 12.1 Å². The lowest BCUT2D eigenvalue weighted by atomic mass is 9.93. The molecular formula is C16H21F2NO3S. The molecule has 128 valence electrons. The molecule has 0 N–H and O–H groups in total. The van der Waals surface area contributed by atoms with Crippen LogP contribution in [0.5, 0.6) is 0 Å². The molecular weight excluding hydrogens is 324 g/mol. The summed E-state index contributed by atoms with van der Waals surface area (Å²) in [5, 5.41) is 0. The number of rotatable bonds is 5. The number of nitrogens with zero attached hydrogens (tertiary/aromatic N) is 1. The van der Waals surface area contributed by atoms with Crippen LogP contribution in [0.3, 0.4) is 0 Å². The molecule has 0 saturated heterocycles. The van der Waals surface area contributed by atoms with Gasteiger partial charge in [-0.1, -0.05) is 19.3 Å². The predicted octanol–water partition coefficient (Wildman–Crippen LogP) is 3.48. The van der Waals surface area contributed by atoms with E-state index in [1.807, 2.05) is 6.92 Å². The minimum Gasteiger partial charge on any atom is -0.336 e. The summed E-state index contributed by atoms with van der Waals surface area (Å²) in [4.78, 5) is 13.9. The Morgan fingerprint density at radius 3 is 2.22 bits per heavy atom. The Kier molecular flexibility index (Phi) is 5.73. The van der Waals surface area contributed by atoms with Gasteiger partial charge >= 0.3 is 5.76 Å². The number of hydrogen-bond acceptors (Lipinski definition) is 3. The minimum atomic E-state index is -4.62. The number of alkyl halides is 2. The lowest BCUT2D eigenvalue weighted by Crippen LogP contribution is -2.41. The Morgan fingerprint density at radius 1 is 1.17 bits per heavy atom. The van der Waals surface area contributed by atoms with Crippen molar-refractivity contribution < 1.29 is 22.0 Å². The molecule has 1 saturated carbocycles. The topological polar surface area (TPSA) is 54.5 Å². The zero-order chi connectivity index (χ0) is 17.0. The second kappa shape index (κ2) is 7.38. The lowest BCUT2D eigenvalue weighted by Gasteiger charge is -2.33. The first-order valence-electron chi connectivity index (χ1n) is 7.81. The van der Waals surface area contributed by atoms with E-state index in [2.05, 4.69) is 0 Å². The van der Waals surface area contributed by atoms with Crippen LogP contribution >= 0.6 is 0 Å². The van der Waals surface area contributed by atoms with Crippen LogP contribution < -0.4 is 0 Å². The van der Waals surface area contributed by atoms with Gasteiger partial charge in [-0.2, -0.15) is 8.78 Å². The molecule has 1 aromatic carbocycles. The molecule has 0 spiro atoms. The molecule has 0 aromatic heterocycles. The van der Waals surface area contributed by atoms with Crippen molar-refractivity contribution in [1.29, 1.82) is 0 Å². The number of amides is 1. The number of benzene rings is 1. The second-order valence-corrected chi connectivity index (χ2v) is 7.63. The fraction of sp³-hybridized carbons (Fsp3) is 0.562. The van der Waals surface area contributed by atoms with Crippen LogP contribution in [0.2, 0.25) is 0 Å². The van der Waals surface area contributed by atoms with Crippen LogP contribution in [0.25, 0.3) is 0 Å². The highest BCUT2D eigenvalue weighted by molar-refractivity contribution is 7.91. The maximum atomic E-state index is 12.6. The minimum absolute atomic E-state index is 0.180.